The fourth-order valence-electron chi connectivity index (χ4n) is 2.58. The molecular formula is C20H18N2O4S2. The number of nitrogens with zero attached hydrogens (tertiary/aromatic N) is 2. The summed E-state index contributed by atoms with van der Waals surface area (Å²) < 4.78 is 5.98. The Morgan fingerprint density at radius 1 is 1.25 bits per heavy atom. The van der Waals surface area contributed by atoms with Gasteiger partial charge in [-0.3, -0.25) is 19.8 Å². The predicted molar refractivity (Wildman–Crippen MR) is 116 cm³/mol. The van der Waals surface area contributed by atoms with Gasteiger partial charge in [0.1, 0.15) is 5.75 Å². The molecule has 28 heavy (non-hydrogen) atoms. The van der Waals surface area contributed by atoms with Crippen molar-refractivity contribution < 1.29 is 14.5 Å². The summed E-state index contributed by atoms with van der Waals surface area (Å²) in [6, 6.07) is 13.4. The van der Waals surface area contributed by atoms with Crippen LogP contribution in [0.15, 0.2) is 53.4 Å². The van der Waals surface area contributed by atoms with Crippen molar-refractivity contribution in [2.24, 2.45) is 0 Å². The smallest absolute Gasteiger partial charge is 0.271 e. The van der Waals surface area contributed by atoms with Crippen LogP contribution < -0.4 is 9.64 Å². The molecule has 0 atom stereocenters. The third-order valence-electron chi connectivity index (χ3n) is 4.04. The Hall–Kier alpha value is -2.71. The molecule has 0 radical (unpaired) electrons. The number of unbranched alkanes of at least 4 members (excludes halogenated alkanes) is 1. The van der Waals surface area contributed by atoms with E-state index in [1.165, 1.54) is 34.9 Å². The van der Waals surface area contributed by atoms with Crippen LogP contribution in [0, 0.1) is 10.1 Å². The molecule has 144 valence electrons. The largest absolute Gasteiger partial charge is 0.494 e. The van der Waals surface area contributed by atoms with Gasteiger partial charge in [0, 0.05) is 12.1 Å². The van der Waals surface area contributed by atoms with E-state index in [2.05, 4.69) is 6.92 Å². The van der Waals surface area contributed by atoms with Crippen molar-refractivity contribution in [2.75, 3.05) is 11.5 Å². The Balaban J connectivity index is 1.77. The quantitative estimate of drug-likeness (QED) is 0.204. The van der Waals surface area contributed by atoms with E-state index in [4.69, 9.17) is 17.0 Å². The Labute approximate surface area is 172 Å². The maximum absolute atomic E-state index is 12.8. The first kappa shape index (κ1) is 20.0. The van der Waals surface area contributed by atoms with E-state index < -0.39 is 4.92 Å². The first-order chi connectivity index (χ1) is 13.5. The molecule has 1 fully saturated rings. The lowest BCUT2D eigenvalue weighted by Crippen LogP contribution is -2.27. The zero-order chi connectivity index (χ0) is 20.1. The predicted octanol–water partition coefficient (Wildman–Crippen LogP) is 5.18. The molecule has 1 heterocycles. The average molecular weight is 415 g/mol. The van der Waals surface area contributed by atoms with Crippen molar-refractivity contribution >= 4 is 51.7 Å². The number of hydrogen-bond donors (Lipinski definition) is 0. The third kappa shape index (κ3) is 4.58. The Morgan fingerprint density at radius 3 is 2.68 bits per heavy atom. The van der Waals surface area contributed by atoms with Crippen LogP contribution in [-0.4, -0.2) is 21.8 Å². The minimum absolute atomic E-state index is 0.0887. The summed E-state index contributed by atoms with van der Waals surface area (Å²) in [4.78, 5) is 25.1. The minimum atomic E-state index is -0.499. The van der Waals surface area contributed by atoms with Crippen LogP contribution in [0.1, 0.15) is 25.3 Å². The summed E-state index contributed by atoms with van der Waals surface area (Å²) in [6.07, 6.45) is 3.83. The van der Waals surface area contributed by atoms with Crippen LogP contribution in [0.3, 0.4) is 0 Å². The van der Waals surface area contributed by atoms with Gasteiger partial charge >= 0.3 is 0 Å². The van der Waals surface area contributed by atoms with Crippen LogP contribution in [0.25, 0.3) is 6.08 Å². The molecule has 1 saturated heterocycles. The molecule has 0 aromatic heterocycles. The number of nitro groups is 1. The molecule has 8 heteroatoms. The topological polar surface area (TPSA) is 72.7 Å². The fraction of sp³-hybridized carbons (Fsp3) is 0.200. The standard InChI is InChI=1S/C20H18N2O4S2/c1-2-3-11-26-17-9-7-14(8-10-17)12-18-19(23)21(20(27)28-18)15-5-4-6-16(13-15)22(24)25/h4-10,12-13H,2-3,11H2,1H3/b18-12+. The zero-order valence-electron chi connectivity index (χ0n) is 15.2. The van der Waals surface area contributed by atoms with E-state index in [0.29, 0.717) is 21.5 Å². The highest BCUT2D eigenvalue weighted by molar-refractivity contribution is 8.27. The van der Waals surface area contributed by atoms with E-state index >= 15 is 0 Å². The van der Waals surface area contributed by atoms with Gasteiger partial charge < -0.3 is 4.74 Å². The number of carbonyl (C=O) groups is 1. The van der Waals surface area contributed by atoms with Gasteiger partial charge in [-0.2, -0.15) is 0 Å². The number of ether oxygens (including phenoxy) is 1. The van der Waals surface area contributed by atoms with Crippen LogP contribution in [0.5, 0.6) is 5.75 Å². The zero-order valence-corrected chi connectivity index (χ0v) is 16.8. The van der Waals surface area contributed by atoms with Crippen molar-refractivity contribution in [3.63, 3.8) is 0 Å². The van der Waals surface area contributed by atoms with Gasteiger partial charge in [0.05, 0.1) is 22.1 Å². The van der Waals surface area contributed by atoms with Crippen molar-refractivity contribution in [1.29, 1.82) is 0 Å². The summed E-state index contributed by atoms with van der Waals surface area (Å²) in [7, 11) is 0. The summed E-state index contributed by atoms with van der Waals surface area (Å²) in [5.74, 6) is 0.494. The third-order valence-corrected chi connectivity index (χ3v) is 5.34. The molecule has 0 bridgehead atoms. The molecule has 0 N–H and O–H groups in total. The molecule has 1 aliphatic rings. The number of thioether (sulfide) groups is 1. The summed E-state index contributed by atoms with van der Waals surface area (Å²) in [5, 5.41) is 11.0. The summed E-state index contributed by atoms with van der Waals surface area (Å²) >= 11 is 6.49. The molecule has 0 saturated carbocycles. The molecule has 2 aromatic rings. The normalized spacial score (nSPS) is 15.3. The van der Waals surface area contributed by atoms with Gasteiger partial charge in [-0.1, -0.05) is 55.5 Å². The lowest BCUT2D eigenvalue weighted by atomic mass is 10.2. The van der Waals surface area contributed by atoms with Crippen LogP contribution in [0.4, 0.5) is 11.4 Å². The van der Waals surface area contributed by atoms with Crippen molar-refractivity contribution in [2.45, 2.75) is 19.8 Å². The number of rotatable bonds is 7. The number of thiocarbonyl (C=S) groups is 1. The van der Waals surface area contributed by atoms with E-state index in [-0.39, 0.29) is 11.6 Å². The minimum Gasteiger partial charge on any atom is -0.494 e. The molecule has 2 aromatic carbocycles. The number of carbonyl (C=O) groups excluding carboxylic acids is 1. The van der Waals surface area contributed by atoms with Gasteiger partial charge in [0.25, 0.3) is 11.6 Å². The van der Waals surface area contributed by atoms with E-state index in [9.17, 15) is 14.9 Å². The summed E-state index contributed by atoms with van der Waals surface area (Å²) in [5.41, 5.74) is 1.15. The van der Waals surface area contributed by atoms with Crippen LogP contribution in [-0.2, 0) is 4.79 Å². The van der Waals surface area contributed by atoms with Crippen LogP contribution >= 0.6 is 24.0 Å². The highest BCUT2D eigenvalue weighted by atomic mass is 32.2. The number of benzene rings is 2. The van der Waals surface area contributed by atoms with E-state index in [1.807, 2.05) is 24.3 Å². The molecule has 0 unspecified atom stereocenters. The maximum atomic E-state index is 12.8. The maximum Gasteiger partial charge on any atom is 0.271 e. The number of non-ortho nitro benzene ring substituents is 1. The van der Waals surface area contributed by atoms with Crippen molar-refractivity contribution in [3.8, 4) is 5.75 Å². The Morgan fingerprint density at radius 2 is 2.00 bits per heavy atom. The van der Waals surface area contributed by atoms with Gasteiger partial charge in [-0.05, 0) is 36.3 Å². The SMILES string of the molecule is CCCCOc1ccc(/C=C2/SC(=S)N(c3cccc([N+](=O)[O-])c3)C2=O)cc1. The number of anilines is 1. The van der Waals surface area contributed by atoms with E-state index in [0.717, 1.165) is 24.2 Å². The van der Waals surface area contributed by atoms with Gasteiger partial charge in [-0.25, -0.2) is 0 Å². The first-order valence-electron chi connectivity index (χ1n) is 8.75. The van der Waals surface area contributed by atoms with Crippen molar-refractivity contribution in [1.82, 2.24) is 0 Å². The highest BCUT2D eigenvalue weighted by Crippen LogP contribution is 2.37. The summed E-state index contributed by atoms with van der Waals surface area (Å²) in [6.45, 7) is 2.79. The molecule has 0 aliphatic carbocycles. The van der Waals surface area contributed by atoms with Gasteiger partial charge in [-0.15, -0.1) is 0 Å². The van der Waals surface area contributed by atoms with Gasteiger partial charge in [0.15, 0.2) is 4.32 Å². The molecule has 3 rings (SSSR count). The second-order valence-electron chi connectivity index (χ2n) is 6.07. The molecule has 1 aliphatic heterocycles. The number of nitro benzene ring substituents is 1. The lowest BCUT2D eigenvalue weighted by Gasteiger charge is -2.13. The molecular weight excluding hydrogens is 396 g/mol. The van der Waals surface area contributed by atoms with Crippen molar-refractivity contribution in [3.05, 3.63) is 69.1 Å². The lowest BCUT2D eigenvalue weighted by molar-refractivity contribution is -0.384. The first-order valence-corrected chi connectivity index (χ1v) is 9.97. The Bertz CT molecular complexity index is 941. The fourth-order valence-corrected chi connectivity index (χ4v) is 3.88. The highest BCUT2D eigenvalue weighted by Gasteiger charge is 2.33. The second-order valence-corrected chi connectivity index (χ2v) is 7.74. The monoisotopic (exact) mass is 414 g/mol. The Kier molecular flexibility index (Phi) is 6.43. The van der Waals surface area contributed by atoms with Gasteiger partial charge in [0.2, 0.25) is 0 Å². The number of amides is 1. The average Bonchev–Trinajstić information content (AvgIpc) is 2.96. The molecule has 1 amide bonds. The number of hydrogen-bond acceptors (Lipinski definition) is 6. The molecule has 0 spiro atoms. The second kappa shape index (κ2) is 8.99. The van der Waals surface area contributed by atoms with E-state index in [1.54, 1.807) is 12.1 Å². The van der Waals surface area contributed by atoms with Crippen LogP contribution in [0.2, 0.25) is 0 Å². The molecule has 6 nitrogen and oxygen atoms in total.